The third kappa shape index (κ3) is 4.31. The van der Waals surface area contributed by atoms with Crippen LogP contribution in [0.3, 0.4) is 0 Å². The standard InChI is InChI=1S/C16H22N2O2S/c1-17-16(20)14-7-2-4-9-18(14)12-15-13(8-11-21-15)6-3-5-10-19/h8,11,14,19H,2,4-5,7,9-10,12H2,1H3,(H,17,20). The number of rotatable bonds is 4. The number of thiophene rings is 1. The molecule has 1 aromatic heterocycles. The summed E-state index contributed by atoms with van der Waals surface area (Å²) in [5.41, 5.74) is 1.02. The lowest BCUT2D eigenvalue weighted by atomic mass is 10.0. The maximum atomic E-state index is 12.0. The van der Waals surface area contributed by atoms with E-state index >= 15 is 0 Å². The average Bonchev–Trinajstić information content (AvgIpc) is 2.95. The van der Waals surface area contributed by atoms with Gasteiger partial charge < -0.3 is 10.4 Å². The van der Waals surface area contributed by atoms with Gasteiger partial charge in [-0.25, -0.2) is 0 Å². The number of hydrogen-bond acceptors (Lipinski definition) is 4. The van der Waals surface area contributed by atoms with Gasteiger partial charge in [-0.3, -0.25) is 9.69 Å². The van der Waals surface area contributed by atoms with Crippen molar-refractivity contribution in [2.45, 2.75) is 38.3 Å². The molecule has 2 rings (SSSR count). The predicted molar refractivity (Wildman–Crippen MR) is 85.0 cm³/mol. The van der Waals surface area contributed by atoms with Crippen molar-refractivity contribution >= 4 is 17.2 Å². The highest BCUT2D eigenvalue weighted by Crippen LogP contribution is 2.24. The molecule has 5 heteroatoms. The molecule has 1 unspecified atom stereocenters. The lowest BCUT2D eigenvalue weighted by molar-refractivity contribution is -0.127. The first kappa shape index (κ1) is 16.0. The van der Waals surface area contributed by atoms with Crippen LogP contribution in [0.1, 0.15) is 36.1 Å². The van der Waals surface area contributed by atoms with Crippen LogP contribution in [0.15, 0.2) is 11.4 Å². The van der Waals surface area contributed by atoms with E-state index in [-0.39, 0.29) is 18.6 Å². The Morgan fingerprint density at radius 1 is 1.57 bits per heavy atom. The van der Waals surface area contributed by atoms with Gasteiger partial charge in [-0.05, 0) is 30.8 Å². The molecule has 0 saturated carbocycles. The SMILES string of the molecule is CNC(=O)C1CCCCN1Cc1sccc1C#CCCO. The van der Waals surface area contributed by atoms with Crippen LogP contribution in [0.2, 0.25) is 0 Å². The number of likely N-dealkylation sites (tertiary alicyclic amines) is 1. The molecule has 1 aromatic rings. The minimum Gasteiger partial charge on any atom is -0.395 e. The molecule has 4 nitrogen and oxygen atoms in total. The number of amides is 1. The molecule has 1 fully saturated rings. The third-order valence-electron chi connectivity index (χ3n) is 3.71. The summed E-state index contributed by atoms with van der Waals surface area (Å²) in [6.45, 7) is 1.83. The average molecular weight is 306 g/mol. The first-order valence-corrected chi connectivity index (χ1v) is 8.26. The second-order valence-corrected chi connectivity index (χ2v) is 6.13. The van der Waals surface area contributed by atoms with Crippen LogP contribution in [0, 0.1) is 11.8 Å². The zero-order valence-electron chi connectivity index (χ0n) is 12.4. The molecule has 1 amide bonds. The molecule has 2 N–H and O–H groups in total. The van der Waals surface area contributed by atoms with E-state index in [0.29, 0.717) is 6.42 Å². The van der Waals surface area contributed by atoms with Gasteiger partial charge in [-0.2, -0.15) is 0 Å². The van der Waals surface area contributed by atoms with Gasteiger partial charge >= 0.3 is 0 Å². The highest BCUT2D eigenvalue weighted by atomic mass is 32.1. The van der Waals surface area contributed by atoms with Crippen molar-refractivity contribution in [3.05, 3.63) is 21.9 Å². The number of carbonyl (C=O) groups excluding carboxylic acids is 1. The van der Waals surface area contributed by atoms with Crippen LogP contribution in [-0.2, 0) is 11.3 Å². The Kier molecular flexibility index (Phi) is 6.24. The Morgan fingerprint density at radius 2 is 2.43 bits per heavy atom. The monoisotopic (exact) mass is 306 g/mol. The Balaban J connectivity index is 2.08. The molecule has 114 valence electrons. The molecule has 0 radical (unpaired) electrons. The highest BCUT2D eigenvalue weighted by Gasteiger charge is 2.28. The van der Waals surface area contributed by atoms with Crippen LogP contribution in [-0.4, -0.2) is 42.2 Å². The van der Waals surface area contributed by atoms with Crippen molar-refractivity contribution in [2.75, 3.05) is 20.2 Å². The Morgan fingerprint density at radius 3 is 3.19 bits per heavy atom. The summed E-state index contributed by atoms with van der Waals surface area (Å²) in [6.07, 6.45) is 3.68. The summed E-state index contributed by atoms with van der Waals surface area (Å²) >= 11 is 1.68. The van der Waals surface area contributed by atoms with Crippen molar-refractivity contribution in [3.8, 4) is 11.8 Å². The molecule has 1 aliphatic rings. The third-order valence-corrected chi connectivity index (χ3v) is 4.62. The minimum absolute atomic E-state index is 0.0240. The lowest BCUT2D eigenvalue weighted by Gasteiger charge is -2.34. The van der Waals surface area contributed by atoms with Crippen molar-refractivity contribution < 1.29 is 9.90 Å². The fraction of sp³-hybridized carbons (Fsp3) is 0.562. The van der Waals surface area contributed by atoms with E-state index in [4.69, 9.17) is 5.11 Å². The maximum Gasteiger partial charge on any atom is 0.237 e. The molecule has 0 spiro atoms. The second-order valence-electron chi connectivity index (χ2n) is 5.13. The van der Waals surface area contributed by atoms with E-state index in [1.807, 2.05) is 11.4 Å². The number of nitrogens with one attached hydrogen (secondary N) is 1. The van der Waals surface area contributed by atoms with Crippen LogP contribution in [0.25, 0.3) is 0 Å². The van der Waals surface area contributed by atoms with Gasteiger partial charge in [-0.15, -0.1) is 11.3 Å². The zero-order chi connectivity index (χ0) is 15.1. The summed E-state index contributed by atoms with van der Waals surface area (Å²) in [7, 11) is 1.70. The summed E-state index contributed by atoms with van der Waals surface area (Å²) in [5.74, 6) is 6.19. The quantitative estimate of drug-likeness (QED) is 0.831. The summed E-state index contributed by atoms with van der Waals surface area (Å²) in [6, 6.07) is 1.99. The number of carbonyl (C=O) groups is 1. The normalized spacial score (nSPS) is 18.9. The zero-order valence-corrected chi connectivity index (χ0v) is 13.2. The Labute approximate surface area is 130 Å². The highest BCUT2D eigenvalue weighted by molar-refractivity contribution is 7.10. The van der Waals surface area contributed by atoms with E-state index in [9.17, 15) is 4.79 Å². The second kappa shape index (κ2) is 8.18. The van der Waals surface area contributed by atoms with Gasteiger partial charge in [0.1, 0.15) is 0 Å². The van der Waals surface area contributed by atoms with E-state index < -0.39 is 0 Å². The lowest BCUT2D eigenvalue weighted by Crippen LogP contribution is -2.48. The molecule has 1 saturated heterocycles. The topological polar surface area (TPSA) is 52.6 Å². The van der Waals surface area contributed by atoms with E-state index in [0.717, 1.165) is 37.9 Å². The fourth-order valence-electron chi connectivity index (χ4n) is 2.62. The number of likely N-dealkylation sites (N-methyl/N-ethyl adjacent to an activating group) is 1. The van der Waals surface area contributed by atoms with Crippen molar-refractivity contribution in [1.82, 2.24) is 10.2 Å². The summed E-state index contributed by atoms with van der Waals surface area (Å²) in [5, 5.41) is 13.6. The van der Waals surface area contributed by atoms with Crippen LogP contribution in [0.4, 0.5) is 0 Å². The van der Waals surface area contributed by atoms with Crippen molar-refractivity contribution in [1.29, 1.82) is 0 Å². The number of aliphatic hydroxyl groups excluding tert-OH is 1. The molecular formula is C16H22N2O2S. The molecule has 1 aliphatic heterocycles. The summed E-state index contributed by atoms with van der Waals surface area (Å²) < 4.78 is 0. The van der Waals surface area contributed by atoms with E-state index in [1.54, 1.807) is 18.4 Å². The molecule has 2 heterocycles. The Bertz CT molecular complexity index is 530. The molecular weight excluding hydrogens is 284 g/mol. The van der Waals surface area contributed by atoms with Crippen molar-refractivity contribution in [3.63, 3.8) is 0 Å². The molecule has 21 heavy (non-hydrogen) atoms. The van der Waals surface area contributed by atoms with Crippen molar-refractivity contribution in [2.24, 2.45) is 0 Å². The van der Waals surface area contributed by atoms with Crippen LogP contribution in [0.5, 0.6) is 0 Å². The number of nitrogens with zero attached hydrogens (tertiary/aromatic N) is 1. The minimum atomic E-state index is -0.0240. The van der Waals surface area contributed by atoms with Gasteiger partial charge in [-0.1, -0.05) is 18.3 Å². The number of aliphatic hydroxyl groups is 1. The van der Waals surface area contributed by atoms with E-state index in [1.165, 1.54) is 4.88 Å². The fourth-order valence-corrected chi connectivity index (χ4v) is 3.47. The van der Waals surface area contributed by atoms with Crippen LogP contribution >= 0.6 is 11.3 Å². The maximum absolute atomic E-state index is 12.0. The Hall–Kier alpha value is -1.35. The number of piperidine rings is 1. The first-order valence-electron chi connectivity index (χ1n) is 7.38. The van der Waals surface area contributed by atoms with Gasteiger partial charge in [0, 0.05) is 30.5 Å². The smallest absolute Gasteiger partial charge is 0.237 e. The van der Waals surface area contributed by atoms with Gasteiger partial charge in [0.2, 0.25) is 5.91 Å². The molecule has 1 atom stereocenters. The van der Waals surface area contributed by atoms with Crippen LogP contribution < -0.4 is 5.32 Å². The molecule has 0 aromatic carbocycles. The first-order chi connectivity index (χ1) is 10.3. The van der Waals surface area contributed by atoms with Gasteiger partial charge in [0.15, 0.2) is 0 Å². The van der Waals surface area contributed by atoms with Gasteiger partial charge in [0.05, 0.1) is 12.6 Å². The van der Waals surface area contributed by atoms with E-state index in [2.05, 4.69) is 22.1 Å². The summed E-state index contributed by atoms with van der Waals surface area (Å²) in [4.78, 5) is 15.5. The van der Waals surface area contributed by atoms with Gasteiger partial charge in [0.25, 0.3) is 0 Å². The largest absolute Gasteiger partial charge is 0.395 e. The predicted octanol–water partition coefficient (Wildman–Crippen LogP) is 1.58. The molecule has 0 bridgehead atoms. The number of hydrogen-bond donors (Lipinski definition) is 2. The molecule has 0 aliphatic carbocycles.